The summed E-state index contributed by atoms with van der Waals surface area (Å²) in [6.45, 7) is 11.9. The zero-order chi connectivity index (χ0) is 36.7. The molecule has 0 aromatic heterocycles. The molecule has 0 radical (unpaired) electrons. The van der Waals surface area contributed by atoms with Gasteiger partial charge in [0.2, 0.25) is 0 Å². The second kappa shape index (κ2) is 14.6. The number of fused-ring (bicyclic) bond motifs is 4. The fraction of sp³-hybridized carbons (Fsp3) is 0.176. The molecule has 0 spiro atoms. The molecule has 7 aromatic rings. The molecule has 2 aliphatic carbocycles. The van der Waals surface area contributed by atoms with Crippen LogP contribution < -0.4 is 0 Å². The van der Waals surface area contributed by atoms with Gasteiger partial charge < -0.3 is 0 Å². The summed E-state index contributed by atoms with van der Waals surface area (Å²) in [5, 5.41) is 5.20. The minimum Gasteiger partial charge on any atom is -0.147 e. The molecule has 2 aliphatic rings. The Kier molecular flexibility index (Phi) is 10.5. The zero-order valence-electron chi connectivity index (χ0n) is 32.7. The van der Waals surface area contributed by atoms with E-state index in [4.69, 9.17) is 0 Å². The van der Waals surface area contributed by atoms with Crippen molar-refractivity contribution in [2.24, 2.45) is 5.92 Å². The predicted molar refractivity (Wildman–Crippen MR) is 246 cm³/mol. The van der Waals surface area contributed by atoms with Crippen molar-refractivity contribution < 1.29 is 17.4 Å². The maximum absolute atomic E-state index is 3.89. The number of rotatable bonds is 6. The fourth-order valence-corrected chi connectivity index (χ4v) is 30.9. The van der Waals surface area contributed by atoms with Crippen molar-refractivity contribution in [1.82, 2.24) is 0 Å². The van der Waals surface area contributed by atoms with Crippen LogP contribution in [0.2, 0.25) is 9.26 Å². The van der Waals surface area contributed by atoms with Crippen LogP contribution in [0.3, 0.4) is 0 Å². The monoisotopic (exact) mass is 850 g/mol. The summed E-state index contributed by atoms with van der Waals surface area (Å²) in [5.41, 5.74) is 18.4. The largest absolute Gasteiger partial charge is 0.147 e. The third-order valence-corrected chi connectivity index (χ3v) is 30.2. The Hall–Kier alpha value is -3.78. The molecule has 0 aliphatic heterocycles. The van der Waals surface area contributed by atoms with Crippen LogP contribution in [0.1, 0.15) is 55.8 Å². The third kappa shape index (κ3) is 6.48. The molecule has 0 heterocycles. The van der Waals surface area contributed by atoms with Gasteiger partial charge in [-0.2, -0.15) is 0 Å². The molecule has 0 N–H and O–H groups in total. The van der Waals surface area contributed by atoms with E-state index in [9.17, 15) is 0 Å². The van der Waals surface area contributed by atoms with Crippen molar-refractivity contribution in [2.75, 3.05) is 0 Å². The summed E-state index contributed by atoms with van der Waals surface area (Å²) in [5.74, 6) is 0.467. The number of allylic oxidation sites excluding steroid dienone is 2. The van der Waals surface area contributed by atoms with Crippen LogP contribution in [0.4, 0.5) is 0 Å². The number of aryl methyl sites for hydroxylation is 1. The second-order valence-corrected chi connectivity index (χ2v) is 47.7. The van der Waals surface area contributed by atoms with Gasteiger partial charge in [0.15, 0.2) is 0 Å². The van der Waals surface area contributed by atoms with Gasteiger partial charge >= 0.3 is 320 Å². The van der Waals surface area contributed by atoms with Gasteiger partial charge in [0.1, 0.15) is 0 Å². The molecule has 276 valence electrons. The van der Waals surface area contributed by atoms with E-state index in [0.717, 1.165) is 0 Å². The standard InChI is InChI=1S/C30H21.C19H19.2CH3.2ClH.H2Si.Zr/c1-20-16-23-18-24(27-14-6-10-21-8-2-4-12-25(21)27)19-30(29(23)17-20)28-15-7-11-22-9-3-5-13-26(22)28;1-13(2)17-11-16-5-4-6-18(19(16)12-17)15-9-7-14(3)8-10-15;;;;;;/h2-19H,1H3;4-13H,1-3H3;2*1H3;2*1H;1H2;. The Morgan fingerprint density at radius 3 is 1.71 bits per heavy atom. The Labute approximate surface area is 342 Å². The molecule has 0 bridgehead atoms. The molecule has 0 saturated heterocycles. The van der Waals surface area contributed by atoms with E-state index in [1.54, 1.807) is 11.1 Å². The second-order valence-electron chi connectivity index (χ2n) is 17.2. The molecule has 0 saturated carbocycles. The van der Waals surface area contributed by atoms with Gasteiger partial charge in [0, 0.05) is 0 Å². The predicted octanol–water partition coefficient (Wildman–Crippen LogP) is 14.7. The quantitative estimate of drug-likeness (QED) is 0.146. The SMILES string of the molecule is CC1=Cc2c(-c3cccc4ccccc34)cc(-c3cccc4ccccc34)cc2[CH]1[Zr]([CH3])([CH3])(=[SiH2])[CH]1C(C(C)C)=Cc2c(-c3ccc(C)cc3)cccc21.Cl.Cl. The molecule has 0 fully saturated rings. The average Bonchev–Trinajstić information content (AvgIpc) is 3.74. The molecule has 2 unspecified atom stereocenters. The summed E-state index contributed by atoms with van der Waals surface area (Å²) < 4.78 is 6.44. The van der Waals surface area contributed by atoms with Crippen LogP contribution in [0.25, 0.3) is 67.1 Å². The van der Waals surface area contributed by atoms with Gasteiger partial charge in [-0.25, -0.2) is 0 Å². The molecule has 0 amide bonds. The van der Waals surface area contributed by atoms with Crippen LogP contribution in [0.5, 0.6) is 0 Å². The maximum atomic E-state index is 2.79. The van der Waals surface area contributed by atoms with E-state index in [1.807, 2.05) is 0 Å². The first-order valence-electron chi connectivity index (χ1n) is 19.3. The molecule has 0 nitrogen and oxygen atoms in total. The first-order valence-corrected chi connectivity index (χ1v) is 33.0. The summed E-state index contributed by atoms with van der Waals surface area (Å²) in [7, 11) is 0. The van der Waals surface area contributed by atoms with Crippen LogP contribution >= 0.6 is 24.8 Å². The van der Waals surface area contributed by atoms with Gasteiger partial charge in [-0.3, -0.25) is 0 Å². The molecule has 2 atom stereocenters. The fourth-order valence-electron chi connectivity index (χ4n) is 10.3. The number of hydrogen-bond acceptors (Lipinski definition) is 0. The molecular weight excluding hydrogens is 803 g/mol. The summed E-state index contributed by atoms with van der Waals surface area (Å²) in [6.07, 6.45) is 5.19. The van der Waals surface area contributed by atoms with Gasteiger partial charge in [0.05, 0.1) is 0 Å². The minimum atomic E-state index is -3.89. The van der Waals surface area contributed by atoms with Gasteiger partial charge in [-0.1, -0.05) is 0 Å². The smallest absolute Gasteiger partial charge is 0.147 e. The first kappa shape index (κ1) is 39.5. The van der Waals surface area contributed by atoms with E-state index in [1.165, 1.54) is 82.8 Å². The van der Waals surface area contributed by atoms with E-state index in [0.29, 0.717) is 13.2 Å². The van der Waals surface area contributed by atoms with Crippen LogP contribution in [0.15, 0.2) is 151 Å². The van der Waals surface area contributed by atoms with Crippen molar-refractivity contribution in [1.29, 1.82) is 0 Å². The van der Waals surface area contributed by atoms with E-state index in [2.05, 4.69) is 196 Å². The molecule has 9 rings (SSSR count). The Morgan fingerprint density at radius 1 is 0.509 bits per heavy atom. The maximum Gasteiger partial charge on any atom is -0.147 e. The van der Waals surface area contributed by atoms with E-state index >= 15 is 0 Å². The van der Waals surface area contributed by atoms with Crippen LogP contribution in [-0.2, 0) is 17.4 Å². The van der Waals surface area contributed by atoms with Crippen molar-refractivity contribution >= 4 is 65.4 Å². The zero-order valence-corrected chi connectivity index (χ0v) is 38.2. The van der Waals surface area contributed by atoms with Crippen molar-refractivity contribution in [3.63, 3.8) is 0 Å². The van der Waals surface area contributed by atoms with Crippen molar-refractivity contribution in [3.05, 3.63) is 178 Å². The normalized spacial score (nSPS) is 16.3. The molecular formula is C51H50Cl2SiZr. The minimum absolute atomic E-state index is 0. The van der Waals surface area contributed by atoms with Crippen molar-refractivity contribution in [2.45, 2.75) is 44.2 Å². The van der Waals surface area contributed by atoms with E-state index < -0.39 is 17.4 Å². The van der Waals surface area contributed by atoms with Gasteiger partial charge in [0.25, 0.3) is 0 Å². The summed E-state index contributed by atoms with van der Waals surface area (Å²) in [6, 6.07) is 52.8. The third-order valence-electron chi connectivity index (χ3n) is 12.6. The van der Waals surface area contributed by atoms with E-state index in [-0.39, 0.29) is 24.8 Å². The van der Waals surface area contributed by atoms with Crippen molar-refractivity contribution in [3.8, 4) is 33.4 Å². The molecule has 7 aromatic carbocycles. The summed E-state index contributed by atoms with van der Waals surface area (Å²) >= 11 is -3.89. The summed E-state index contributed by atoms with van der Waals surface area (Å²) in [4.78, 5) is 0. The van der Waals surface area contributed by atoms with Crippen LogP contribution in [-0.4, -0.2) is 6.88 Å². The number of benzene rings is 7. The Bertz CT molecular complexity index is 2750. The topological polar surface area (TPSA) is 0 Å². The number of hydrogen-bond donors (Lipinski definition) is 0. The van der Waals surface area contributed by atoms with Gasteiger partial charge in [-0.15, -0.1) is 24.8 Å². The first-order chi connectivity index (χ1) is 25.5. The molecule has 55 heavy (non-hydrogen) atoms. The Balaban J connectivity index is 0.00000233. The molecule has 4 heteroatoms. The Morgan fingerprint density at radius 2 is 1.05 bits per heavy atom. The van der Waals surface area contributed by atoms with Gasteiger partial charge in [-0.05, 0) is 0 Å². The number of halogens is 2. The van der Waals surface area contributed by atoms with Crippen LogP contribution in [0, 0.1) is 12.8 Å². The average molecular weight is 853 g/mol.